The second kappa shape index (κ2) is 10.2. The second-order valence-corrected chi connectivity index (χ2v) is 8.81. The Morgan fingerprint density at radius 3 is 2.67 bits per heavy atom. The van der Waals surface area contributed by atoms with Crippen molar-refractivity contribution in [1.82, 2.24) is 15.5 Å². The van der Waals surface area contributed by atoms with Gasteiger partial charge in [-0.25, -0.2) is 4.79 Å². The van der Waals surface area contributed by atoms with Gasteiger partial charge in [0.2, 0.25) is 11.8 Å². The third kappa shape index (κ3) is 5.23. The number of halogens is 1. The summed E-state index contributed by atoms with van der Waals surface area (Å²) in [5.74, 6) is -2.21. The normalized spacial score (nSPS) is 17.6. The first-order valence-electron chi connectivity index (χ1n) is 11.1. The number of aryl methyl sites for hydroxylation is 1. The molecule has 186 valence electrons. The lowest BCUT2D eigenvalue weighted by atomic mass is 9.88. The predicted octanol–water partition coefficient (Wildman–Crippen LogP) is 2.75. The lowest BCUT2D eigenvalue weighted by Crippen LogP contribution is -2.40. The molecule has 0 aromatic heterocycles. The van der Waals surface area contributed by atoms with Gasteiger partial charge in [0.15, 0.2) is 5.76 Å². The van der Waals surface area contributed by atoms with Crippen molar-refractivity contribution in [3.8, 4) is 5.75 Å². The minimum Gasteiger partial charge on any atom is -0.451 e. The molecule has 6 amide bonds. The molecule has 2 aliphatic rings. The molecule has 2 heterocycles. The Morgan fingerprint density at radius 1 is 1.19 bits per heavy atom. The summed E-state index contributed by atoms with van der Waals surface area (Å²) in [4.78, 5) is 61.3. The number of nitrogens with zero attached hydrogens (tertiary/aromatic N) is 1. The van der Waals surface area contributed by atoms with E-state index < -0.39 is 29.7 Å². The van der Waals surface area contributed by atoms with Crippen molar-refractivity contribution in [2.75, 3.05) is 12.4 Å². The number of ether oxygens (including phenoxy) is 1. The Bertz CT molecular complexity index is 1320. The Kier molecular flexibility index (Phi) is 7.07. The summed E-state index contributed by atoms with van der Waals surface area (Å²) < 4.78 is 5.54. The molecule has 0 aliphatic carbocycles. The number of hydrogen-bond acceptors (Lipinski definition) is 6. The number of carbonyl (C=O) groups excluding carboxylic acids is 5. The molecule has 36 heavy (non-hydrogen) atoms. The summed E-state index contributed by atoms with van der Waals surface area (Å²) in [6.45, 7) is 1.92. The van der Waals surface area contributed by atoms with Gasteiger partial charge in [0.25, 0.3) is 11.8 Å². The molecule has 1 atom stereocenters. The maximum absolute atomic E-state index is 12.7. The Morgan fingerprint density at radius 2 is 1.97 bits per heavy atom. The predicted molar refractivity (Wildman–Crippen MR) is 130 cm³/mol. The number of imide groups is 2. The van der Waals surface area contributed by atoms with Crippen molar-refractivity contribution in [3.05, 3.63) is 69.9 Å². The number of hydrogen-bond donors (Lipinski definition) is 3. The Labute approximate surface area is 211 Å². The summed E-state index contributed by atoms with van der Waals surface area (Å²) in [6.07, 6.45) is 1.59. The number of rotatable bonds is 6. The quantitative estimate of drug-likeness (QED) is 0.512. The van der Waals surface area contributed by atoms with Gasteiger partial charge in [0.1, 0.15) is 5.75 Å². The fourth-order valence-corrected chi connectivity index (χ4v) is 4.22. The van der Waals surface area contributed by atoms with Crippen molar-refractivity contribution in [1.29, 1.82) is 0 Å². The lowest BCUT2D eigenvalue weighted by Gasteiger charge is -2.25. The first-order chi connectivity index (χ1) is 17.1. The molecule has 4 rings (SSSR count). The summed E-state index contributed by atoms with van der Waals surface area (Å²) in [5.41, 5.74) is 2.25. The third-order valence-corrected chi connectivity index (χ3v) is 6.39. The smallest absolute Gasteiger partial charge is 0.319 e. The van der Waals surface area contributed by atoms with Crippen molar-refractivity contribution in [2.45, 2.75) is 32.2 Å². The van der Waals surface area contributed by atoms with Crippen LogP contribution in [0.3, 0.4) is 0 Å². The topological polar surface area (TPSA) is 134 Å². The molecule has 1 unspecified atom stereocenters. The van der Waals surface area contributed by atoms with E-state index in [4.69, 9.17) is 16.3 Å². The van der Waals surface area contributed by atoms with Gasteiger partial charge in [-0.3, -0.25) is 29.4 Å². The molecule has 0 bridgehead atoms. The molecule has 2 aromatic carbocycles. The number of nitrogens with one attached hydrogen (secondary N) is 3. The van der Waals surface area contributed by atoms with Crippen molar-refractivity contribution in [3.63, 3.8) is 0 Å². The van der Waals surface area contributed by atoms with E-state index in [9.17, 15) is 24.0 Å². The van der Waals surface area contributed by atoms with Crippen LogP contribution in [0.4, 0.5) is 10.5 Å². The maximum Gasteiger partial charge on any atom is 0.319 e. The first kappa shape index (κ1) is 24.9. The van der Waals surface area contributed by atoms with Crippen molar-refractivity contribution >= 4 is 46.9 Å². The first-order valence-corrected chi connectivity index (χ1v) is 11.5. The van der Waals surface area contributed by atoms with Crippen LogP contribution in [0, 0.1) is 6.92 Å². The van der Waals surface area contributed by atoms with Gasteiger partial charge in [0.05, 0.1) is 12.0 Å². The Balaban J connectivity index is 1.43. The van der Waals surface area contributed by atoms with E-state index in [0.29, 0.717) is 27.6 Å². The summed E-state index contributed by atoms with van der Waals surface area (Å²) in [5, 5.41) is 8.14. The van der Waals surface area contributed by atoms with E-state index >= 15 is 0 Å². The average Bonchev–Trinajstić information content (AvgIpc) is 3.08. The number of benzene rings is 2. The van der Waals surface area contributed by atoms with Crippen LogP contribution in [0.1, 0.15) is 35.4 Å². The molecule has 1 saturated heterocycles. The fourth-order valence-electron chi connectivity index (χ4n) is 3.92. The number of urea groups is 1. The summed E-state index contributed by atoms with van der Waals surface area (Å²) in [7, 11) is 1.36. The number of anilines is 1. The van der Waals surface area contributed by atoms with E-state index in [1.807, 2.05) is 0 Å². The van der Waals surface area contributed by atoms with Crippen molar-refractivity contribution in [2.24, 2.45) is 0 Å². The zero-order chi connectivity index (χ0) is 26.0. The van der Waals surface area contributed by atoms with E-state index in [2.05, 4.69) is 16.0 Å². The van der Waals surface area contributed by atoms with E-state index in [1.165, 1.54) is 7.05 Å². The van der Waals surface area contributed by atoms with Gasteiger partial charge in [-0.1, -0.05) is 29.8 Å². The van der Waals surface area contributed by atoms with Gasteiger partial charge >= 0.3 is 6.03 Å². The van der Waals surface area contributed by atoms with E-state index in [0.717, 1.165) is 16.5 Å². The zero-order valence-corrected chi connectivity index (χ0v) is 20.3. The largest absolute Gasteiger partial charge is 0.451 e. The Hall–Kier alpha value is -4.18. The molecule has 2 aromatic rings. The summed E-state index contributed by atoms with van der Waals surface area (Å²) in [6, 6.07) is 9.57. The van der Waals surface area contributed by atoms with Crippen LogP contribution in [0.25, 0.3) is 0 Å². The molecule has 10 nitrogen and oxygen atoms in total. The molecule has 0 spiro atoms. The molecule has 0 saturated carbocycles. The molecular formula is C25H23ClN4O6. The van der Waals surface area contributed by atoms with Crippen LogP contribution in [-0.4, -0.2) is 41.6 Å². The van der Waals surface area contributed by atoms with Crippen LogP contribution in [0.5, 0.6) is 5.75 Å². The van der Waals surface area contributed by atoms with E-state index in [-0.39, 0.29) is 31.1 Å². The molecule has 11 heteroatoms. The average molecular weight is 511 g/mol. The highest BCUT2D eigenvalue weighted by atomic mass is 35.5. The second-order valence-electron chi connectivity index (χ2n) is 8.43. The number of amides is 6. The summed E-state index contributed by atoms with van der Waals surface area (Å²) >= 11 is 6.50. The molecule has 0 radical (unpaired) electrons. The molecule has 3 N–H and O–H groups in total. The fraction of sp³-hybridized carbons (Fsp3) is 0.240. The van der Waals surface area contributed by atoms with Gasteiger partial charge < -0.3 is 15.4 Å². The van der Waals surface area contributed by atoms with E-state index in [1.54, 1.807) is 43.3 Å². The van der Waals surface area contributed by atoms with Crippen LogP contribution >= 0.6 is 11.6 Å². The van der Waals surface area contributed by atoms with Gasteiger partial charge in [-0.05, 0) is 42.7 Å². The molecule has 2 aliphatic heterocycles. The SMILES string of the molecule is Cc1ccc(NC(=O)NCc2cccc(OC3=CC(=O)N(C)C3=O)c2)c(C2CCC(=O)NC2=O)c1Cl. The van der Waals surface area contributed by atoms with Crippen LogP contribution < -0.4 is 20.7 Å². The van der Waals surface area contributed by atoms with Gasteiger partial charge in [0, 0.05) is 36.3 Å². The van der Waals surface area contributed by atoms with Crippen LogP contribution in [0.2, 0.25) is 5.02 Å². The number of carbonyl (C=O) groups is 5. The highest BCUT2D eigenvalue weighted by molar-refractivity contribution is 6.33. The van der Waals surface area contributed by atoms with Crippen LogP contribution in [-0.2, 0) is 25.7 Å². The minimum absolute atomic E-state index is 0.0809. The highest BCUT2D eigenvalue weighted by Crippen LogP contribution is 2.38. The van der Waals surface area contributed by atoms with Crippen LogP contribution in [0.15, 0.2) is 48.2 Å². The standard InChI is InChI=1S/C25H23ClN4O6/c1-13-6-8-17(21(22(13)26)16-7-9-19(31)29-23(16)33)28-25(35)27-12-14-4-3-5-15(10-14)36-18-11-20(32)30(2)24(18)34/h3-6,8,10-11,16H,7,9,12H2,1-2H3,(H2,27,28,35)(H,29,31,33). The molecule has 1 fully saturated rings. The lowest BCUT2D eigenvalue weighted by molar-refractivity contribution is -0.137. The third-order valence-electron chi connectivity index (χ3n) is 5.89. The minimum atomic E-state index is -0.669. The molecular weight excluding hydrogens is 488 g/mol. The highest BCUT2D eigenvalue weighted by Gasteiger charge is 2.32. The number of piperidine rings is 1. The zero-order valence-electron chi connectivity index (χ0n) is 19.5. The number of likely N-dealkylation sites (N-methyl/N-ethyl adjacent to an activating group) is 1. The maximum atomic E-state index is 12.7. The van der Waals surface area contributed by atoms with Gasteiger partial charge in [-0.2, -0.15) is 0 Å². The monoisotopic (exact) mass is 510 g/mol. The van der Waals surface area contributed by atoms with Crippen molar-refractivity contribution < 1.29 is 28.7 Å². The van der Waals surface area contributed by atoms with Gasteiger partial charge in [-0.15, -0.1) is 0 Å².